The van der Waals surface area contributed by atoms with Crippen LogP contribution >= 0.6 is 23.2 Å². The van der Waals surface area contributed by atoms with Gasteiger partial charge in [0, 0.05) is 13.6 Å². The van der Waals surface area contributed by atoms with Crippen molar-refractivity contribution >= 4 is 39.1 Å². The number of rotatable bonds is 5. The van der Waals surface area contributed by atoms with Crippen LogP contribution in [-0.2, 0) is 10.0 Å². The third kappa shape index (κ3) is 4.57. The van der Waals surface area contributed by atoms with E-state index < -0.39 is 10.0 Å². The van der Waals surface area contributed by atoms with Crippen molar-refractivity contribution < 1.29 is 13.2 Å². The van der Waals surface area contributed by atoms with E-state index in [-0.39, 0.29) is 26.4 Å². The predicted molar refractivity (Wildman–Crippen MR) is 84.3 cm³/mol. The molecule has 1 amide bonds. The molecular formula is C13H18Cl2N2O3S. The third-order valence-corrected chi connectivity index (χ3v) is 4.88. The second kappa shape index (κ2) is 6.96. The van der Waals surface area contributed by atoms with Gasteiger partial charge in [-0.2, -0.15) is 0 Å². The highest BCUT2D eigenvalue weighted by Gasteiger charge is 2.22. The molecule has 0 spiro atoms. The van der Waals surface area contributed by atoms with Crippen LogP contribution in [0.1, 0.15) is 30.6 Å². The molecule has 5 nitrogen and oxygen atoms in total. The second-order valence-corrected chi connectivity index (χ2v) is 7.35. The maximum Gasteiger partial charge on any atom is 0.255 e. The fourth-order valence-electron chi connectivity index (χ4n) is 1.80. The highest BCUT2D eigenvalue weighted by atomic mass is 35.5. The molecule has 0 radical (unpaired) electrons. The molecule has 0 saturated carbocycles. The first kappa shape index (κ1) is 18.2. The molecule has 1 atom stereocenters. The van der Waals surface area contributed by atoms with Crippen LogP contribution in [0.5, 0.6) is 0 Å². The van der Waals surface area contributed by atoms with Gasteiger partial charge in [0.2, 0.25) is 10.0 Å². The molecule has 0 bridgehead atoms. The first-order chi connectivity index (χ1) is 9.57. The summed E-state index contributed by atoms with van der Waals surface area (Å²) in [6.45, 7) is 4.58. The van der Waals surface area contributed by atoms with E-state index in [0.717, 1.165) is 12.5 Å². The van der Waals surface area contributed by atoms with Gasteiger partial charge in [0.1, 0.15) is 4.90 Å². The molecule has 0 fully saturated rings. The molecule has 21 heavy (non-hydrogen) atoms. The average Bonchev–Trinajstić information content (AvgIpc) is 2.36. The van der Waals surface area contributed by atoms with E-state index in [9.17, 15) is 13.2 Å². The SMILES string of the molecule is CCC(C)CN(C)C(=O)c1cc(S(N)(=O)=O)c(Cl)cc1Cl. The lowest BCUT2D eigenvalue weighted by Gasteiger charge is -2.21. The Morgan fingerprint density at radius 2 is 1.90 bits per heavy atom. The molecule has 1 aromatic rings. The van der Waals surface area contributed by atoms with E-state index in [1.165, 1.54) is 11.0 Å². The molecule has 8 heteroatoms. The quantitative estimate of drug-likeness (QED) is 0.884. The number of carbonyl (C=O) groups is 1. The van der Waals surface area contributed by atoms with Gasteiger partial charge >= 0.3 is 0 Å². The van der Waals surface area contributed by atoms with E-state index in [2.05, 4.69) is 0 Å². The van der Waals surface area contributed by atoms with E-state index in [1.54, 1.807) is 7.05 Å². The van der Waals surface area contributed by atoms with Crippen molar-refractivity contribution in [1.29, 1.82) is 0 Å². The molecule has 118 valence electrons. The van der Waals surface area contributed by atoms with Crippen LogP contribution < -0.4 is 5.14 Å². The second-order valence-electron chi connectivity index (χ2n) is 5.01. The number of nitrogens with zero attached hydrogens (tertiary/aromatic N) is 1. The first-order valence-electron chi connectivity index (χ1n) is 6.35. The Morgan fingerprint density at radius 1 is 1.33 bits per heavy atom. The van der Waals surface area contributed by atoms with Crippen LogP contribution in [0.15, 0.2) is 17.0 Å². The van der Waals surface area contributed by atoms with Crippen molar-refractivity contribution in [3.05, 3.63) is 27.7 Å². The van der Waals surface area contributed by atoms with Gasteiger partial charge in [0.05, 0.1) is 15.6 Å². The zero-order valence-electron chi connectivity index (χ0n) is 12.1. The van der Waals surface area contributed by atoms with Crippen molar-refractivity contribution in [1.82, 2.24) is 4.90 Å². The van der Waals surface area contributed by atoms with Crippen LogP contribution in [-0.4, -0.2) is 32.8 Å². The highest BCUT2D eigenvalue weighted by Crippen LogP contribution is 2.28. The molecule has 1 rings (SSSR count). The van der Waals surface area contributed by atoms with E-state index in [1.807, 2.05) is 13.8 Å². The van der Waals surface area contributed by atoms with E-state index in [0.29, 0.717) is 12.5 Å². The number of halogens is 2. The molecule has 0 aliphatic rings. The molecule has 0 heterocycles. The Hall–Kier alpha value is -0.820. The lowest BCUT2D eigenvalue weighted by atomic mass is 10.1. The number of benzene rings is 1. The number of carbonyl (C=O) groups excluding carboxylic acids is 1. The van der Waals surface area contributed by atoms with Crippen molar-refractivity contribution in [2.75, 3.05) is 13.6 Å². The maximum absolute atomic E-state index is 12.4. The molecule has 0 aliphatic heterocycles. The summed E-state index contributed by atoms with van der Waals surface area (Å²) in [6, 6.07) is 2.34. The summed E-state index contributed by atoms with van der Waals surface area (Å²) < 4.78 is 22.9. The van der Waals surface area contributed by atoms with Crippen molar-refractivity contribution in [2.24, 2.45) is 11.1 Å². The topological polar surface area (TPSA) is 80.5 Å². The lowest BCUT2D eigenvalue weighted by molar-refractivity contribution is 0.0775. The summed E-state index contributed by atoms with van der Waals surface area (Å²) in [7, 11) is -2.39. The smallest absolute Gasteiger partial charge is 0.255 e. The Bertz CT molecular complexity index is 647. The molecule has 2 N–H and O–H groups in total. The normalized spacial score (nSPS) is 13.0. The minimum absolute atomic E-state index is 0.0656. The zero-order chi connectivity index (χ0) is 16.4. The summed E-state index contributed by atoms with van der Waals surface area (Å²) in [6.07, 6.45) is 0.925. The van der Waals surface area contributed by atoms with Crippen LogP contribution in [0, 0.1) is 5.92 Å². The number of nitrogens with two attached hydrogens (primary N) is 1. The number of sulfonamides is 1. The summed E-state index contributed by atoms with van der Waals surface area (Å²) in [5, 5.41) is 5.06. The van der Waals surface area contributed by atoms with Gasteiger partial charge in [-0.3, -0.25) is 4.79 Å². The summed E-state index contributed by atoms with van der Waals surface area (Å²) in [5.41, 5.74) is 0.0656. The van der Waals surface area contributed by atoms with Crippen LogP contribution in [0.2, 0.25) is 10.0 Å². The zero-order valence-corrected chi connectivity index (χ0v) is 14.4. The molecule has 1 unspecified atom stereocenters. The van der Waals surface area contributed by atoms with Gasteiger partial charge < -0.3 is 4.90 Å². The summed E-state index contributed by atoms with van der Waals surface area (Å²) in [5.74, 6) is -0.0513. The standard InChI is InChI=1S/C13H18Cl2N2O3S/c1-4-8(2)7-17(3)13(18)9-5-12(21(16,19)20)11(15)6-10(9)14/h5-6,8H,4,7H2,1-3H3,(H2,16,19,20). The van der Waals surface area contributed by atoms with Gasteiger partial charge in [0.25, 0.3) is 5.91 Å². The Morgan fingerprint density at radius 3 is 2.38 bits per heavy atom. The van der Waals surface area contributed by atoms with Gasteiger partial charge in [-0.25, -0.2) is 13.6 Å². The minimum Gasteiger partial charge on any atom is -0.341 e. The molecule has 0 saturated heterocycles. The van der Waals surface area contributed by atoms with Crippen molar-refractivity contribution in [3.8, 4) is 0 Å². The summed E-state index contributed by atoms with van der Waals surface area (Å²) in [4.78, 5) is 13.6. The van der Waals surface area contributed by atoms with Crippen LogP contribution in [0.4, 0.5) is 0 Å². The fraction of sp³-hybridized carbons (Fsp3) is 0.462. The largest absolute Gasteiger partial charge is 0.341 e. The number of primary sulfonamides is 1. The fourth-order valence-corrected chi connectivity index (χ4v) is 3.20. The first-order valence-corrected chi connectivity index (χ1v) is 8.65. The Labute approximate surface area is 135 Å². The lowest BCUT2D eigenvalue weighted by Crippen LogP contribution is -2.31. The van der Waals surface area contributed by atoms with Gasteiger partial charge in [-0.05, 0) is 18.1 Å². The van der Waals surface area contributed by atoms with Gasteiger partial charge in [0.15, 0.2) is 0 Å². The molecule has 0 aliphatic carbocycles. The van der Waals surface area contributed by atoms with Crippen LogP contribution in [0.3, 0.4) is 0 Å². The van der Waals surface area contributed by atoms with E-state index in [4.69, 9.17) is 28.3 Å². The van der Waals surface area contributed by atoms with Crippen LogP contribution in [0.25, 0.3) is 0 Å². The minimum atomic E-state index is -4.02. The maximum atomic E-state index is 12.4. The summed E-state index contributed by atoms with van der Waals surface area (Å²) >= 11 is 11.8. The number of hydrogen-bond donors (Lipinski definition) is 1. The molecular weight excluding hydrogens is 335 g/mol. The third-order valence-electron chi connectivity index (χ3n) is 3.19. The van der Waals surface area contributed by atoms with Crippen molar-refractivity contribution in [2.45, 2.75) is 25.2 Å². The molecule has 0 aromatic heterocycles. The monoisotopic (exact) mass is 352 g/mol. The molecule has 1 aromatic carbocycles. The Balaban J connectivity index is 3.22. The van der Waals surface area contributed by atoms with Gasteiger partial charge in [-0.15, -0.1) is 0 Å². The number of amides is 1. The van der Waals surface area contributed by atoms with Gasteiger partial charge in [-0.1, -0.05) is 43.5 Å². The van der Waals surface area contributed by atoms with E-state index >= 15 is 0 Å². The predicted octanol–water partition coefficient (Wildman–Crippen LogP) is 2.76. The average molecular weight is 353 g/mol. The highest BCUT2D eigenvalue weighted by molar-refractivity contribution is 7.89. The van der Waals surface area contributed by atoms with Crippen molar-refractivity contribution in [3.63, 3.8) is 0 Å². The Kier molecular flexibility index (Phi) is 6.04. The number of hydrogen-bond acceptors (Lipinski definition) is 3.